The Balaban J connectivity index is 1.57. The Bertz CT molecular complexity index is 1560. The van der Waals surface area contributed by atoms with Crippen molar-refractivity contribution in [2.75, 3.05) is 6.54 Å². The van der Waals surface area contributed by atoms with Gasteiger partial charge in [-0.05, 0) is 36.4 Å². The summed E-state index contributed by atoms with van der Waals surface area (Å²) in [6.45, 7) is 0.499. The number of hydrogen-bond acceptors (Lipinski definition) is 4. The van der Waals surface area contributed by atoms with Gasteiger partial charge in [-0.1, -0.05) is 42.5 Å². The number of hydrogen-bond donors (Lipinski definition) is 1. The second-order valence-electron chi connectivity index (χ2n) is 9.07. The Morgan fingerprint density at radius 2 is 1.64 bits per heavy atom. The van der Waals surface area contributed by atoms with E-state index in [0.29, 0.717) is 18.5 Å². The van der Waals surface area contributed by atoms with Crippen molar-refractivity contribution in [2.45, 2.75) is 18.9 Å². The van der Waals surface area contributed by atoms with E-state index in [1.807, 2.05) is 102 Å². The standard InChI is InChI=1S/C29H24N4O2S/c30-27(34)25-15-9-19-33(25,24-14-5-4-13-23(24)32-17-7-8-18-32)29(35)21-11-2-1-10-20(21)28-31-22-12-3-6-16-26(22)36-28/h1-8,10-14,16-18,25H,9,15,19H2,(H-,30,34)/p+1/t25-,33?/m0/s1. The lowest BCUT2D eigenvalue weighted by Crippen LogP contribution is -2.62. The minimum absolute atomic E-state index is 0.133. The van der Waals surface area contributed by atoms with E-state index < -0.39 is 11.9 Å². The van der Waals surface area contributed by atoms with E-state index in [1.165, 1.54) is 0 Å². The van der Waals surface area contributed by atoms with Crippen LogP contribution in [0.1, 0.15) is 23.2 Å². The molecule has 5 aromatic rings. The summed E-state index contributed by atoms with van der Waals surface area (Å²) in [5.74, 6) is -0.591. The van der Waals surface area contributed by atoms with Crippen LogP contribution in [0.15, 0.2) is 97.3 Å². The van der Waals surface area contributed by atoms with Crippen LogP contribution >= 0.6 is 11.3 Å². The predicted octanol–water partition coefficient (Wildman–Crippen LogP) is 5.55. The summed E-state index contributed by atoms with van der Waals surface area (Å²) < 4.78 is 2.91. The van der Waals surface area contributed by atoms with E-state index in [2.05, 4.69) is 0 Å². The van der Waals surface area contributed by atoms with Crippen molar-refractivity contribution < 1.29 is 9.59 Å². The van der Waals surface area contributed by atoms with Gasteiger partial charge in [0.15, 0.2) is 11.7 Å². The zero-order chi connectivity index (χ0) is 24.7. The number of rotatable bonds is 5. The lowest BCUT2D eigenvalue weighted by Gasteiger charge is -2.37. The average Bonchev–Trinajstić information content (AvgIpc) is 3.68. The molecule has 1 aliphatic rings. The summed E-state index contributed by atoms with van der Waals surface area (Å²) in [5.41, 5.74) is 9.83. The molecular weight excluding hydrogens is 468 g/mol. The Morgan fingerprint density at radius 1 is 0.917 bits per heavy atom. The SMILES string of the molecule is NC(=O)[C@@H]1CCC[N+]1(C(=O)c1ccccc1-c1nc2ccccc2s1)c1ccccc1-n1cccc1. The van der Waals surface area contributed by atoms with Crippen molar-refractivity contribution in [3.05, 3.63) is 103 Å². The van der Waals surface area contributed by atoms with E-state index in [9.17, 15) is 9.59 Å². The molecule has 0 radical (unpaired) electrons. The number of nitrogens with two attached hydrogens (primary N) is 1. The third-order valence-electron chi connectivity index (χ3n) is 7.09. The number of quaternary nitrogens is 1. The van der Waals surface area contributed by atoms with Gasteiger partial charge in [0.1, 0.15) is 10.7 Å². The molecule has 1 unspecified atom stereocenters. The maximum atomic E-state index is 14.7. The Kier molecular flexibility index (Phi) is 5.51. The van der Waals surface area contributed by atoms with Crippen LogP contribution in [-0.2, 0) is 4.79 Å². The lowest BCUT2D eigenvalue weighted by molar-refractivity contribution is -0.121. The number of fused-ring (bicyclic) bond motifs is 1. The zero-order valence-corrected chi connectivity index (χ0v) is 20.4. The van der Waals surface area contributed by atoms with Crippen LogP contribution in [-0.4, -0.2) is 34.0 Å². The van der Waals surface area contributed by atoms with Gasteiger partial charge in [-0.25, -0.2) is 14.3 Å². The summed E-state index contributed by atoms with van der Waals surface area (Å²) in [5, 5.41) is 0.784. The smallest absolute Gasteiger partial charge is 0.352 e. The number of nitrogens with zero attached hydrogens (tertiary/aromatic N) is 3. The highest BCUT2D eigenvalue weighted by Crippen LogP contribution is 2.42. The number of carbonyl (C=O) groups is 2. The Labute approximate surface area is 212 Å². The van der Waals surface area contributed by atoms with Gasteiger partial charge < -0.3 is 10.3 Å². The Morgan fingerprint density at radius 3 is 2.44 bits per heavy atom. The maximum Gasteiger partial charge on any atom is 0.352 e. The first-order valence-electron chi connectivity index (χ1n) is 12.0. The minimum Gasteiger partial charge on any atom is -0.364 e. The first kappa shape index (κ1) is 22.4. The van der Waals surface area contributed by atoms with Gasteiger partial charge in [-0.3, -0.25) is 4.79 Å². The summed E-state index contributed by atoms with van der Waals surface area (Å²) in [6, 6.07) is 26.6. The summed E-state index contributed by atoms with van der Waals surface area (Å²) in [6.07, 6.45) is 5.18. The highest BCUT2D eigenvalue weighted by molar-refractivity contribution is 7.21. The number of amides is 2. The fourth-order valence-corrected chi connectivity index (χ4v) is 6.49. The fourth-order valence-electron chi connectivity index (χ4n) is 5.48. The molecule has 2 N–H and O–H groups in total. The van der Waals surface area contributed by atoms with Crippen LogP contribution in [0.4, 0.5) is 5.69 Å². The molecule has 1 saturated heterocycles. The number of carbonyl (C=O) groups excluding carboxylic acids is 2. The number of aromatic nitrogens is 2. The highest BCUT2D eigenvalue weighted by Gasteiger charge is 2.54. The molecule has 3 heterocycles. The van der Waals surface area contributed by atoms with Crippen molar-refractivity contribution in [1.82, 2.24) is 14.0 Å². The van der Waals surface area contributed by atoms with Gasteiger partial charge in [0.05, 0.1) is 22.3 Å². The molecule has 178 valence electrons. The first-order chi connectivity index (χ1) is 17.6. The van der Waals surface area contributed by atoms with Crippen molar-refractivity contribution in [2.24, 2.45) is 5.73 Å². The number of benzene rings is 3. The van der Waals surface area contributed by atoms with E-state index in [1.54, 1.807) is 11.3 Å². The highest BCUT2D eigenvalue weighted by atomic mass is 32.1. The summed E-state index contributed by atoms with van der Waals surface area (Å²) in [7, 11) is 0. The lowest BCUT2D eigenvalue weighted by atomic mass is 10.0. The molecule has 2 aromatic heterocycles. The minimum atomic E-state index is -0.655. The van der Waals surface area contributed by atoms with E-state index in [4.69, 9.17) is 10.7 Å². The summed E-state index contributed by atoms with van der Waals surface area (Å²) in [4.78, 5) is 32.4. The molecular formula is C29H25N4O2S+. The fraction of sp³-hybridized carbons (Fsp3) is 0.138. The molecule has 6 rings (SSSR count). The second kappa shape index (κ2) is 8.86. The van der Waals surface area contributed by atoms with Crippen LogP contribution < -0.4 is 10.2 Å². The maximum absolute atomic E-state index is 14.7. The Hall–Kier alpha value is -4.07. The molecule has 2 atom stereocenters. The van der Waals surface area contributed by atoms with E-state index in [0.717, 1.165) is 38.6 Å². The quantitative estimate of drug-likeness (QED) is 0.326. The molecule has 2 amide bonds. The van der Waals surface area contributed by atoms with Gasteiger partial charge in [0, 0.05) is 36.9 Å². The molecule has 1 fully saturated rings. The number of primary amides is 1. The van der Waals surface area contributed by atoms with Crippen LogP contribution in [0.3, 0.4) is 0 Å². The van der Waals surface area contributed by atoms with Crippen molar-refractivity contribution in [3.63, 3.8) is 0 Å². The number of likely N-dealkylation sites (tertiary alicyclic amines) is 1. The van der Waals surface area contributed by atoms with Gasteiger partial charge in [-0.2, -0.15) is 0 Å². The second-order valence-corrected chi connectivity index (χ2v) is 10.1. The van der Waals surface area contributed by atoms with Gasteiger partial charge in [-0.15, -0.1) is 11.3 Å². The van der Waals surface area contributed by atoms with Gasteiger partial charge in [0.25, 0.3) is 5.91 Å². The van der Waals surface area contributed by atoms with Crippen molar-refractivity contribution in [3.8, 4) is 16.3 Å². The molecule has 7 heteroatoms. The van der Waals surface area contributed by atoms with Crippen molar-refractivity contribution >= 4 is 39.1 Å². The number of thiazole rings is 1. The van der Waals surface area contributed by atoms with E-state index in [-0.39, 0.29) is 10.4 Å². The molecule has 0 spiro atoms. The van der Waals surface area contributed by atoms with Crippen LogP contribution in [0.2, 0.25) is 0 Å². The monoisotopic (exact) mass is 493 g/mol. The topological polar surface area (TPSA) is 78.0 Å². The molecule has 1 aliphatic heterocycles. The molecule has 0 aliphatic carbocycles. The third kappa shape index (κ3) is 3.47. The molecule has 3 aromatic carbocycles. The van der Waals surface area contributed by atoms with Crippen LogP contribution in [0.25, 0.3) is 26.5 Å². The van der Waals surface area contributed by atoms with Crippen LogP contribution in [0, 0.1) is 0 Å². The molecule has 0 saturated carbocycles. The summed E-state index contributed by atoms with van der Waals surface area (Å²) >= 11 is 1.56. The predicted molar refractivity (Wildman–Crippen MR) is 144 cm³/mol. The number of para-hydroxylation sites is 3. The zero-order valence-electron chi connectivity index (χ0n) is 19.6. The van der Waals surface area contributed by atoms with Crippen LogP contribution in [0.5, 0.6) is 0 Å². The first-order valence-corrected chi connectivity index (χ1v) is 12.8. The average molecular weight is 494 g/mol. The van der Waals surface area contributed by atoms with Crippen molar-refractivity contribution in [1.29, 1.82) is 0 Å². The largest absolute Gasteiger partial charge is 0.364 e. The van der Waals surface area contributed by atoms with Gasteiger partial charge in [0.2, 0.25) is 0 Å². The van der Waals surface area contributed by atoms with E-state index >= 15 is 0 Å². The van der Waals surface area contributed by atoms with Gasteiger partial charge >= 0.3 is 5.91 Å². The molecule has 36 heavy (non-hydrogen) atoms. The normalized spacial score (nSPS) is 19.5. The third-order valence-corrected chi connectivity index (χ3v) is 8.16. The molecule has 6 nitrogen and oxygen atoms in total. The molecule has 0 bridgehead atoms.